The molecule has 0 aromatic rings. The van der Waals surface area contributed by atoms with E-state index >= 15 is 0 Å². The van der Waals surface area contributed by atoms with E-state index in [4.69, 9.17) is 151 Å². The van der Waals surface area contributed by atoms with Gasteiger partial charge in [0.1, 0.15) is 14.2 Å². The predicted molar refractivity (Wildman–Crippen MR) is 102 cm³/mol. The fourth-order valence-corrected chi connectivity index (χ4v) is 5.08. The van der Waals surface area contributed by atoms with Gasteiger partial charge in [-0.2, -0.15) is 0 Å². The van der Waals surface area contributed by atoms with E-state index in [9.17, 15) is 0 Å². The van der Waals surface area contributed by atoms with Gasteiger partial charge in [0.2, 0.25) is 0 Å². The van der Waals surface area contributed by atoms with Crippen LogP contribution in [0, 0.1) is 0 Å². The molecule has 0 aliphatic carbocycles. The lowest BCUT2D eigenvalue weighted by Gasteiger charge is -2.41. The van der Waals surface area contributed by atoms with Crippen molar-refractivity contribution in [3.05, 3.63) is 9.52 Å². The van der Waals surface area contributed by atoms with Crippen molar-refractivity contribution >= 4 is 151 Å². The van der Waals surface area contributed by atoms with Crippen LogP contribution in [-0.4, -0.2) is 22.2 Å². The SMILES string of the molecule is ClC(Cl)=C(Cl)C(Cl)(Cl)C(Cl)(Cl)C(Cl)C(Cl)(Cl)CC(Cl)(Cl)Cl. The first-order valence-electron chi connectivity index (χ1n) is 4.52. The normalized spacial score (nSPS) is 15.9. The number of hydrogen-bond donors (Lipinski definition) is 0. The Morgan fingerprint density at radius 3 is 1.43 bits per heavy atom. The highest BCUT2D eigenvalue weighted by atomic mass is 35.6. The molecule has 0 amide bonds. The Hall–Kier alpha value is 3.51. The lowest BCUT2D eigenvalue weighted by molar-refractivity contribution is 0.582. The Morgan fingerprint density at radius 2 is 1.14 bits per heavy atom. The van der Waals surface area contributed by atoms with E-state index in [0.29, 0.717) is 0 Å². The number of allylic oxidation sites excluding steroid dienone is 1. The molecule has 0 saturated heterocycles. The van der Waals surface area contributed by atoms with Gasteiger partial charge < -0.3 is 0 Å². The van der Waals surface area contributed by atoms with Crippen molar-refractivity contribution < 1.29 is 0 Å². The van der Waals surface area contributed by atoms with Crippen LogP contribution in [0.3, 0.4) is 0 Å². The largest absolute Gasteiger partial charge is 0.193 e. The average molecular weight is 560 g/mol. The number of halogens is 13. The molecular weight excluding hydrogens is 557 g/mol. The standard InChI is InChI=1S/C8H3Cl13/c9-2(3(10)11)7(18,19)8(20,21)4(12)5(13,14)1-6(15,16)17/h4H,1H2. The zero-order chi connectivity index (χ0) is 17.4. The second-order valence-electron chi connectivity index (χ2n) is 3.69. The molecule has 0 aromatic carbocycles. The third kappa shape index (κ3) is 6.63. The van der Waals surface area contributed by atoms with Gasteiger partial charge in [0.15, 0.2) is 12.5 Å². The summed E-state index contributed by atoms with van der Waals surface area (Å²) in [6.07, 6.45) is -0.442. The van der Waals surface area contributed by atoms with Gasteiger partial charge in [-0.05, 0) is 0 Å². The molecule has 1 atom stereocenters. The number of hydrogen-bond acceptors (Lipinski definition) is 0. The van der Waals surface area contributed by atoms with Gasteiger partial charge in [-0.3, -0.25) is 0 Å². The maximum atomic E-state index is 6.07. The van der Waals surface area contributed by atoms with E-state index in [1.165, 1.54) is 0 Å². The predicted octanol–water partition coefficient (Wildman–Crippen LogP) is 8.76. The summed E-state index contributed by atoms with van der Waals surface area (Å²) in [4.78, 5) is 0. The molecule has 0 heterocycles. The summed E-state index contributed by atoms with van der Waals surface area (Å²) in [6, 6.07) is 0. The van der Waals surface area contributed by atoms with E-state index in [-0.39, 0.29) is 0 Å². The minimum atomic E-state index is -2.25. The van der Waals surface area contributed by atoms with Crippen LogP contribution in [0.4, 0.5) is 0 Å². The van der Waals surface area contributed by atoms with E-state index in [1.54, 1.807) is 0 Å². The van der Waals surface area contributed by atoms with Crippen molar-refractivity contribution in [1.82, 2.24) is 0 Å². The topological polar surface area (TPSA) is 0 Å². The van der Waals surface area contributed by atoms with Gasteiger partial charge in [-0.25, -0.2) is 0 Å². The van der Waals surface area contributed by atoms with Gasteiger partial charge in [-0.1, -0.05) is 139 Å². The van der Waals surface area contributed by atoms with Crippen LogP contribution in [0.2, 0.25) is 0 Å². The summed E-state index contributed by atoms with van der Waals surface area (Å²) in [5.41, 5.74) is 0. The highest BCUT2D eigenvalue weighted by molar-refractivity contribution is 6.72. The van der Waals surface area contributed by atoms with Gasteiger partial charge in [0, 0.05) is 6.42 Å². The summed E-state index contributed by atoms with van der Waals surface area (Å²) in [6.45, 7) is 0. The Labute approximate surface area is 187 Å². The molecule has 0 nitrogen and oxygen atoms in total. The highest BCUT2D eigenvalue weighted by Gasteiger charge is 2.61. The molecular formula is C8H3Cl13. The van der Waals surface area contributed by atoms with Crippen molar-refractivity contribution in [2.24, 2.45) is 0 Å². The summed E-state index contributed by atoms with van der Waals surface area (Å²) < 4.78 is -8.74. The minimum absolute atomic E-state index is 0.442. The van der Waals surface area contributed by atoms with E-state index < -0.39 is 38.1 Å². The fraction of sp³-hybridized carbons (Fsp3) is 0.750. The second kappa shape index (κ2) is 8.47. The zero-order valence-electron chi connectivity index (χ0n) is 9.20. The molecule has 0 spiro atoms. The van der Waals surface area contributed by atoms with E-state index in [2.05, 4.69) is 0 Å². The summed E-state index contributed by atoms with van der Waals surface area (Å²) in [5.74, 6) is 0. The third-order valence-electron chi connectivity index (χ3n) is 1.99. The van der Waals surface area contributed by atoms with Crippen molar-refractivity contribution in [1.29, 1.82) is 0 Å². The highest BCUT2D eigenvalue weighted by Crippen LogP contribution is 2.58. The Morgan fingerprint density at radius 1 is 0.762 bits per heavy atom. The third-order valence-corrected chi connectivity index (χ3v) is 7.84. The molecule has 13 heteroatoms. The van der Waals surface area contributed by atoms with Gasteiger partial charge in [0.25, 0.3) is 0 Å². The van der Waals surface area contributed by atoms with E-state index in [0.717, 1.165) is 0 Å². The lowest BCUT2D eigenvalue weighted by Crippen LogP contribution is -2.52. The summed E-state index contributed by atoms with van der Waals surface area (Å²) in [5, 5.41) is -2.02. The fourth-order valence-electron chi connectivity index (χ4n) is 1.05. The zero-order valence-corrected chi connectivity index (χ0v) is 19.0. The van der Waals surface area contributed by atoms with Crippen LogP contribution in [0.25, 0.3) is 0 Å². The summed E-state index contributed by atoms with van der Waals surface area (Å²) >= 11 is 75.8. The molecule has 0 aliphatic rings. The molecule has 1 unspecified atom stereocenters. The first-order chi connectivity index (χ1) is 8.97. The molecule has 0 rings (SSSR count). The monoisotopic (exact) mass is 554 g/mol. The first kappa shape index (κ1) is 24.5. The van der Waals surface area contributed by atoms with Crippen molar-refractivity contribution in [3.63, 3.8) is 0 Å². The first-order valence-corrected chi connectivity index (χ1v) is 9.49. The van der Waals surface area contributed by atoms with Crippen molar-refractivity contribution in [2.45, 2.75) is 28.6 Å². The smallest absolute Gasteiger partial charge is 0.116 e. The molecule has 0 aromatic heterocycles. The minimum Gasteiger partial charge on any atom is -0.116 e. The molecule has 0 fully saturated rings. The molecule has 0 saturated carbocycles. The van der Waals surface area contributed by atoms with Crippen LogP contribution >= 0.6 is 151 Å². The second-order valence-corrected chi connectivity index (χ2v) is 12.2. The van der Waals surface area contributed by atoms with Crippen molar-refractivity contribution in [2.75, 3.05) is 0 Å². The number of rotatable bonds is 5. The van der Waals surface area contributed by atoms with Crippen LogP contribution in [0.1, 0.15) is 6.42 Å². The van der Waals surface area contributed by atoms with Crippen molar-refractivity contribution in [3.8, 4) is 0 Å². The molecule has 0 bridgehead atoms. The lowest BCUT2D eigenvalue weighted by atomic mass is 10.1. The quantitative estimate of drug-likeness (QED) is 0.295. The van der Waals surface area contributed by atoms with Crippen LogP contribution in [0.15, 0.2) is 9.52 Å². The molecule has 0 radical (unpaired) electrons. The Balaban J connectivity index is 5.66. The Kier molecular flexibility index (Phi) is 9.88. The number of alkyl halides is 10. The Bertz CT molecular complexity index is 399. The van der Waals surface area contributed by atoms with Crippen LogP contribution in [-0.2, 0) is 0 Å². The maximum Gasteiger partial charge on any atom is 0.193 e. The van der Waals surface area contributed by atoms with Crippen LogP contribution < -0.4 is 0 Å². The molecule has 0 aliphatic heterocycles. The van der Waals surface area contributed by atoms with E-state index in [1.807, 2.05) is 0 Å². The van der Waals surface area contributed by atoms with Gasteiger partial charge in [0.05, 0.1) is 5.03 Å². The molecule has 21 heavy (non-hydrogen) atoms. The average Bonchev–Trinajstić information content (AvgIpc) is 2.22. The maximum absolute atomic E-state index is 6.07. The van der Waals surface area contributed by atoms with Crippen LogP contribution in [0.5, 0.6) is 0 Å². The molecule has 126 valence electrons. The molecule has 0 N–H and O–H groups in total. The van der Waals surface area contributed by atoms with Gasteiger partial charge in [-0.15, -0.1) is 11.6 Å². The summed E-state index contributed by atoms with van der Waals surface area (Å²) in [7, 11) is 0. The van der Waals surface area contributed by atoms with Gasteiger partial charge >= 0.3 is 0 Å².